The lowest BCUT2D eigenvalue weighted by Gasteiger charge is -2.31. The Morgan fingerprint density at radius 3 is 2.91 bits per heavy atom. The van der Waals surface area contributed by atoms with E-state index in [9.17, 15) is 9.90 Å². The van der Waals surface area contributed by atoms with Crippen molar-refractivity contribution in [3.8, 4) is 11.3 Å². The number of aliphatic hydroxyl groups excluding tert-OH is 1. The fourth-order valence-corrected chi connectivity index (χ4v) is 3.04. The van der Waals surface area contributed by atoms with Crippen molar-refractivity contribution in [1.29, 1.82) is 0 Å². The van der Waals surface area contributed by atoms with E-state index in [1.807, 2.05) is 18.2 Å². The molecule has 4 nitrogen and oxygen atoms in total. The number of carbonyl (C=O) groups is 1. The number of carbonyl (C=O) groups excluding carboxylic acids is 1. The monoisotopic (exact) mass is 319 g/mol. The molecule has 1 saturated heterocycles. The van der Waals surface area contributed by atoms with Crippen molar-refractivity contribution in [3.63, 3.8) is 0 Å². The van der Waals surface area contributed by atoms with Gasteiger partial charge < -0.3 is 14.4 Å². The van der Waals surface area contributed by atoms with Gasteiger partial charge >= 0.3 is 0 Å². The summed E-state index contributed by atoms with van der Waals surface area (Å²) in [5.74, 6) is 0.935. The van der Waals surface area contributed by atoms with Crippen molar-refractivity contribution in [3.05, 3.63) is 47.2 Å². The minimum atomic E-state index is -0.128. The van der Waals surface area contributed by atoms with Crippen molar-refractivity contribution >= 4 is 17.5 Å². The van der Waals surface area contributed by atoms with Crippen molar-refractivity contribution in [2.75, 3.05) is 19.7 Å². The summed E-state index contributed by atoms with van der Waals surface area (Å²) in [6.45, 7) is 1.40. The van der Waals surface area contributed by atoms with E-state index in [1.54, 1.807) is 23.1 Å². The van der Waals surface area contributed by atoms with Gasteiger partial charge in [-0.3, -0.25) is 4.79 Å². The Labute approximate surface area is 134 Å². The fraction of sp³-hybridized carbons (Fsp3) is 0.353. The summed E-state index contributed by atoms with van der Waals surface area (Å²) in [6, 6.07) is 10.8. The first-order valence-electron chi connectivity index (χ1n) is 7.44. The lowest BCUT2D eigenvalue weighted by Crippen LogP contribution is -2.40. The summed E-state index contributed by atoms with van der Waals surface area (Å²) in [6.07, 6.45) is 1.87. The van der Waals surface area contributed by atoms with E-state index in [0.29, 0.717) is 29.6 Å². The molecular formula is C17H18ClNO3. The highest BCUT2D eigenvalue weighted by molar-refractivity contribution is 6.33. The summed E-state index contributed by atoms with van der Waals surface area (Å²) < 4.78 is 5.70. The first-order chi connectivity index (χ1) is 10.7. The average molecular weight is 320 g/mol. The van der Waals surface area contributed by atoms with Gasteiger partial charge in [-0.25, -0.2) is 0 Å². The highest BCUT2D eigenvalue weighted by Crippen LogP contribution is 2.29. The molecule has 3 rings (SSSR count). The number of benzene rings is 1. The van der Waals surface area contributed by atoms with Crippen LogP contribution in [0.1, 0.15) is 23.4 Å². The normalized spacial score (nSPS) is 18.5. The molecule has 1 fully saturated rings. The number of piperidine rings is 1. The summed E-state index contributed by atoms with van der Waals surface area (Å²) in [4.78, 5) is 14.3. The minimum Gasteiger partial charge on any atom is -0.451 e. The van der Waals surface area contributed by atoms with E-state index in [0.717, 1.165) is 18.4 Å². The second-order valence-electron chi connectivity index (χ2n) is 5.59. The van der Waals surface area contributed by atoms with Gasteiger partial charge in [0.05, 0.1) is 5.02 Å². The van der Waals surface area contributed by atoms with Gasteiger partial charge in [0.1, 0.15) is 5.76 Å². The maximum atomic E-state index is 12.5. The molecule has 1 unspecified atom stereocenters. The van der Waals surface area contributed by atoms with Gasteiger partial charge in [0, 0.05) is 25.3 Å². The predicted octanol–water partition coefficient (Wildman–Crippen LogP) is 3.44. The number of nitrogens with zero attached hydrogens (tertiary/aromatic N) is 1. The SMILES string of the molecule is O=C(c1ccc(-c2ccccc2Cl)o1)N1CCCC(CO)C1. The molecular weight excluding hydrogens is 302 g/mol. The first kappa shape index (κ1) is 15.1. The molecule has 0 bridgehead atoms. The molecule has 1 aliphatic heterocycles. The van der Waals surface area contributed by atoms with Crippen LogP contribution in [0.4, 0.5) is 0 Å². The smallest absolute Gasteiger partial charge is 0.289 e. The van der Waals surface area contributed by atoms with Crippen LogP contribution in [0.5, 0.6) is 0 Å². The average Bonchev–Trinajstić information content (AvgIpc) is 3.04. The minimum absolute atomic E-state index is 0.118. The molecule has 22 heavy (non-hydrogen) atoms. The lowest BCUT2D eigenvalue weighted by molar-refractivity contribution is 0.0591. The molecule has 0 aliphatic carbocycles. The maximum absolute atomic E-state index is 12.5. The predicted molar refractivity (Wildman–Crippen MR) is 84.9 cm³/mol. The summed E-state index contributed by atoms with van der Waals surface area (Å²) in [5, 5.41) is 9.86. The van der Waals surface area contributed by atoms with E-state index in [-0.39, 0.29) is 18.4 Å². The van der Waals surface area contributed by atoms with Crippen LogP contribution < -0.4 is 0 Å². The van der Waals surface area contributed by atoms with E-state index in [1.165, 1.54) is 0 Å². The Bertz CT molecular complexity index is 667. The number of aliphatic hydroxyl groups is 1. The molecule has 1 aromatic heterocycles. The van der Waals surface area contributed by atoms with Gasteiger partial charge in [0.15, 0.2) is 5.76 Å². The van der Waals surface area contributed by atoms with Crippen LogP contribution in [0.25, 0.3) is 11.3 Å². The Kier molecular flexibility index (Phi) is 4.50. The number of rotatable bonds is 3. The molecule has 1 N–H and O–H groups in total. The Hall–Kier alpha value is -1.78. The van der Waals surface area contributed by atoms with Gasteiger partial charge in [-0.1, -0.05) is 23.7 Å². The van der Waals surface area contributed by atoms with Crippen LogP contribution >= 0.6 is 11.6 Å². The maximum Gasteiger partial charge on any atom is 0.289 e. The van der Waals surface area contributed by atoms with Crippen molar-refractivity contribution in [1.82, 2.24) is 4.90 Å². The second kappa shape index (κ2) is 6.55. The fourth-order valence-electron chi connectivity index (χ4n) is 2.81. The van der Waals surface area contributed by atoms with Gasteiger partial charge in [0.25, 0.3) is 5.91 Å². The molecule has 1 amide bonds. The van der Waals surface area contributed by atoms with E-state index in [4.69, 9.17) is 16.0 Å². The molecule has 0 radical (unpaired) electrons. The van der Waals surface area contributed by atoms with Gasteiger partial charge in [-0.05, 0) is 43.0 Å². The van der Waals surface area contributed by atoms with Crippen LogP contribution in [-0.4, -0.2) is 35.6 Å². The zero-order valence-electron chi connectivity index (χ0n) is 12.2. The topological polar surface area (TPSA) is 53.7 Å². The third kappa shape index (κ3) is 3.03. The summed E-state index contributed by atoms with van der Waals surface area (Å²) >= 11 is 6.15. The highest BCUT2D eigenvalue weighted by Gasteiger charge is 2.26. The number of furan rings is 1. The van der Waals surface area contributed by atoms with Crippen molar-refractivity contribution < 1.29 is 14.3 Å². The van der Waals surface area contributed by atoms with Gasteiger partial charge in [-0.15, -0.1) is 0 Å². The Balaban J connectivity index is 1.79. The quantitative estimate of drug-likeness (QED) is 0.942. The molecule has 2 heterocycles. The first-order valence-corrected chi connectivity index (χ1v) is 7.81. The molecule has 2 aromatic rings. The standard InChI is InChI=1S/C17H18ClNO3/c18-14-6-2-1-5-13(14)15-7-8-16(22-15)17(21)19-9-3-4-12(10-19)11-20/h1-2,5-8,12,20H,3-4,9-11H2. The van der Waals surface area contributed by atoms with E-state index in [2.05, 4.69) is 0 Å². The van der Waals surface area contributed by atoms with Crippen LogP contribution in [0.15, 0.2) is 40.8 Å². The molecule has 5 heteroatoms. The van der Waals surface area contributed by atoms with Crippen LogP contribution in [0, 0.1) is 5.92 Å². The van der Waals surface area contributed by atoms with Crippen LogP contribution in [0.2, 0.25) is 5.02 Å². The molecule has 0 spiro atoms. The zero-order valence-corrected chi connectivity index (χ0v) is 12.9. The van der Waals surface area contributed by atoms with Gasteiger partial charge in [0.2, 0.25) is 0 Å². The lowest BCUT2D eigenvalue weighted by atomic mass is 9.99. The molecule has 116 valence electrons. The summed E-state index contributed by atoms with van der Waals surface area (Å²) in [7, 11) is 0. The Morgan fingerprint density at radius 2 is 2.14 bits per heavy atom. The van der Waals surface area contributed by atoms with Gasteiger partial charge in [-0.2, -0.15) is 0 Å². The van der Waals surface area contributed by atoms with Crippen molar-refractivity contribution in [2.24, 2.45) is 5.92 Å². The largest absolute Gasteiger partial charge is 0.451 e. The number of hydrogen-bond donors (Lipinski definition) is 1. The zero-order chi connectivity index (χ0) is 15.5. The molecule has 1 aromatic carbocycles. The Morgan fingerprint density at radius 1 is 1.32 bits per heavy atom. The molecule has 1 aliphatic rings. The summed E-state index contributed by atoms with van der Waals surface area (Å²) in [5.41, 5.74) is 0.773. The van der Waals surface area contributed by atoms with Crippen LogP contribution in [0.3, 0.4) is 0 Å². The number of halogens is 1. The number of hydrogen-bond acceptors (Lipinski definition) is 3. The molecule has 1 atom stereocenters. The van der Waals surface area contributed by atoms with E-state index >= 15 is 0 Å². The second-order valence-corrected chi connectivity index (χ2v) is 5.99. The van der Waals surface area contributed by atoms with Crippen molar-refractivity contribution in [2.45, 2.75) is 12.8 Å². The number of amides is 1. The number of likely N-dealkylation sites (tertiary alicyclic amines) is 1. The third-order valence-electron chi connectivity index (χ3n) is 4.02. The van der Waals surface area contributed by atoms with E-state index < -0.39 is 0 Å². The van der Waals surface area contributed by atoms with Crippen LogP contribution in [-0.2, 0) is 0 Å². The molecule has 0 saturated carbocycles. The third-order valence-corrected chi connectivity index (χ3v) is 4.35. The highest BCUT2D eigenvalue weighted by atomic mass is 35.5.